The molecule has 0 atom stereocenters. The number of aromatic nitrogens is 2. The first-order valence-corrected chi connectivity index (χ1v) is 10.9. The number of rotatable bonds is 8. The minimum atomic E-state index is -1.14. The minimum absolute atomic E-state index is 0.0295. The first-order chi connectivity index (χ1) is 16.0. The number of carboxylic acids is 1. The third-order valence-corrected chi connectivity index (χ3v) is 5.49. The van der Waals surface area contributed by atoms with Crippen LogP contribution < -0.4 is 10.9 Å². The predicted molar refractivity (Wildman–Crippen MR) is 131 cm³/mol. The molecule has 2 N–H and O–H groups in total. The second-order valence-electron chi connectivity index (χ2n) is 7.49. The molecule has 0 unspecified atom stereocenters. The van der Waals surface area contributed by atoms with Gasteiger partial charge in [0.15, 0.2) is 11.0 Å². The van der Waals surface area contributed by atoms with Gasteiger partial charge in [0.05, 0.1) is 5.69 Å². The maximum atomic E-state index is 13.1. The quantitative estimate of drug-likeness (QED) is 0.388. The molecule has 0 aliphatic heterocycles. The van der Waals surface area contributed by atoms with Gasteiger partial charge in [-0.3, -0.25) is 14.2 Å². The average molecular weight is 460 g/mol. The molecule has 7 heteroatoms. The van der Waals surface area contributed by atoms with Crippen LogP contribution in [0.5, 0.6) is 0 Å². The van der Waals surface area contributed by atoms with E-state index in [0.717, 1.165) is 21.3 Å². The smallest absolute Gasteiger partial charge is 0.323 e. The van der Waals surface area contributed by atoms with Crippen LogP contribution in [0.3, 0.4) is 0 Å². The third kappa shape index (κ3) is 5.30. The van der Waals surface area contributed by atoms with Gasteiger partial charge in [-0.2, -0.15) is 0 Å². The van der Waals surface area contributed by atoms with Crippen molar-refractivity contribution in [3.8, 4) is 22.4 Å². The number of carboxylic acid groups (broad SMARTS) is 1. The fraction of sp³-hybridized carbons (Fsp3) is 0.115. The Bertz CT molecular complexity index is 1300. The van der Waals surface area contributed by atoms with Crippen LogP contribution in [0.25, 0.3) is 22.4 Å². The van der Waals surface area contributed by atoms with E-state index in [4.69, 9.17) is 11.6 Å². The molecule has 166 valence electrons. The highest BCUT2D eigenvalue weighted by Crippen LogP contribution is 2.29. The largest absolute Gasteiger partial charge is 0.480 e. The third-order valence-electron chi connectivity index (χ3n) is 5.23. The van der Waals surface area contributed by atoms with Gasteiger partial charge in [-0.25, -0.2) is 4.98 Å². The average Bonchev–Trinajstić information content (AvgIpc) is 2.83. The first kappa shape index (κ1) is 22.3. The van der Waals surface area contributed by atoms with E-state index in [2.05, 4.69) is 10.3 Å². The van der Waals surface area contributed by atoms with Crippen molar-refractivity contribution >= 4 is 23.4 Å². The molecule has 33 heavy (non-hydrogen) atoms. The molecule has 4 aromatic rings. The monoisotopic (exact) mass is 459 g/mol. The Morgan fingerprint density at radius 2 is 1.45 bits per heavy atom. The summed E-state index contributed by atoms with van der Waals surface area (Å²) >= 11 is 6.47. The van der Waals surface area contributed by atoms with E-state index < -0.39 is 18.1 Å². The maximum Gasteiger partial charge on any atom is 0.323 e. The molecule has 0 bridgehead atoms. The van der Waals surface area contributed by atoms with E-state index in [1.54, 1.807) is 0 Å². The van der Waals surface area contributed by atoms with E-state index in [1.165, 1.54) is 0 Å². The van der Waals surface area contributed by atoms with Crippen molar-refractivity contribution < 1.29 is 9.90 Å². The van der Waals surface area contributed by atoms with Gasteiger partial charge in [0.2, 0.25) is 0 Å². The summed E-state index contributed by atoms with van der Waals surface area (Å²) in [6, 6.07) is 27.1. The molecule has 0 amide bonds. The van der Waals surface area contributed by atoms with Gasteiger partial charge in [-0.1, -0.05) is 96.5 Å². The van der Waals surface area contributed by atoms with Crippen LogP contribution >= 0.6 is 11.6 Å². The summed E-state index contributed by atoms with van der Waals surface area (Å²) in [6.45, 7) is -0.0645. The summed E-state index contributed by atoms with van der Waals surface area (Å²) in [7, 11) is 0. The number of carbonyl (C=O) groups is 1. The summed E-state index contributed by atoms with van der Waals surface area (Å²) in [6.07, 6.45) is 0.682. The summed E-state index contributed by atoms with van der Waals surface area (Å²) < 4.78 is 1.15. The fourth-order valence-corrected chi connectivity index (χ4v) is 3.93. The zero-order valence-corrected chi connectivity index (χ0v) is 18.5. The lowest BCUT2D eigenvalue weighted by Crippen LogP contribution is -2.30. The molecule has 1 aromatic heterocycles. The SMILES string of the molecule is O=C(O)Cn1c(-c2ccc(-c3ccccc3)cc2)c(Cl)nc(NCCc2ccccc2)c1=O. The Kier molecular flexibility index (Phi) is 6.86. The van der Waals surface area contributed by atoms with E-state index in [-0.39, 0.29) is 16.7 Å². The highest BCUT2D eigenvalue weighted by Gasteiger charge is 2.19. The number of nitrogens with zero attached hydrogens (tertiary/aromatic N) is 2. The highest BCUT2D eigenvalue weighted by atomic mass is 35.5. The number of nitrogens with one attached hydrogen (secondary N) is 1. The minimum Gasteiger partial charge on any atom is -0.480 e. The second kappa shape index (κ2) is 10.1. The Hall–Kier alpha value is -3.90. The Labute approximate surface area is 196 Å². The molecular weight excluding hydrogens is 438 g/mol. The molecule has 0 radical (unpaired) electrons. The topological polar surface area (TPSA) is 84.2 Å². The van der Waals surface area contributed by atoms with Crippen molar-refractivity contribution in [3.05, 3.63) is 106 Å². The number of halogens is 1. The lowest BCUT2D eigenvalue weighted by atomic mass is 10.0. The molecule has 3 aromatic carbocycles. The van der Waals surface area contributed by atoms with Crippen molar-refractivity contribution in [1.29, 1.82) is 0 Å². The predicted octanol–water partition coefficient (Wildman–Crippen LogP) is 4.97. The zero-order valence-electron chi connectivity index (χ0n) is 17.7. The van der Waals surface area contributed by atoms with Crippen LogP contribution in [0.1, 0.15) is 5.56 Å². The maximum absolute atomic E-state index is 13.1. The standard InChI is InChI=1S/C26H22ClN3O3/c27-24-23(21-13-11-20(12-14-21)19-9-5-2-6-10-19)30(17-22(31)32)26(33)25(29-24)28-16-15-18-7-3-1-4-8-18/h1-14H,15-17H2,(H,28,29)(H,31,32). The van der Waals surface area contributed by atoms with Gasteiger partial charge in [-0.05, 0) is 23.1 Å². The summed E-state index contributed by atoms with van der Waals surface area (Å²) in [4.78, 5) is 28.9. The summed E-state index contributed by atoms with van der Waals surface area (Å²) in [5, 5.41) is 12.5. The van der Waals surface area contributed by atoms with Gasteiger partial charge >= 0.3 is 5.97 Å². The number of aliphatic carboxylic acids is 1. The highest BCUT2D eigenvalue weighted by molar-refractivity contribution is 6.32. The lowest BCUT2D eigenvalue weighted by molar-refractivity contribution is -0.137. The van der Waals surface area contributed by atoms with Gasteiger partial charge in [0, 0.05) is 12.1 Å². The number of benzene rings is 3. The van der Waals surface area contributed by atoms with Crippen LogP contribution in [0.2, 0.25) is 5.15 Å². The van der Waals surface area contributed by atoms with Crippen LogP contribution in [0.4, 0.5) is 5.82 Å². The Morgan fingerprint density at radius 3 is 2.09 bits per heavy atom. The summed E-state index contributed by atoms with van der Waals surface area (Å²) in [5.74, 6) is -1.11. The van der Waals surface area contributed by atoms with Gasteiger partial charge in [0.25, 0.3) is 5.56 Å². The van der Waals surface area contributed by atoms with E-state index >= 15 is 0 Å². The second-order valence-corrected chi connectivity index (χ2v) is 7.85. The van der Waals surface area contributed by atoms with Crippen LogP contribution in [0.15, 0.2) is 89.7 Å². The molecule has 4 rings (SSSR count). The molecule has 6 nitrogen and oxygen atoms in total. The zero-order chi connectivity index (χ0) is 23.2. The van der Waals surface area contributed by atoms with E-state index in [9.17, 15) is 14.7 Å². The summed E-state index contributed by atoms with van der Waals surface area (Å²) in [5.41, 5.74) is 3.51. The molecular formula is C26H22ClN3O3. The Morgan fingerprint density at radius 1 is 0.879 bits per heavy atom. The van der Waals surface area contributed by atoms with Crippen molar-refractivity contribution in [3.63, 3.8) is 0 Å². The molecule has 0 saturated carbocycles. The van der Waals surface area contributed by atoms with Gasteiger partial charge < -0.3 is 10.4 Å². The van der Waals surface area contributed by atoms with Gasteiger partial charge in [0.1, 0.15) is 6.54 Å². The molecule has 1 heterocycles. The van der Waals surface area contributed by atoms with Crippen LogP contribution in [-0.2, 0) is 17.8 Å². The first-order valence-electron chi connectivity index (χ1n) is 10.5. The van der Waals surface area contributed by atoms with Crippen molar-refractivity contribution in [1.82, 2.24) is 9.55 Å². The van der Waals surface area contributed by atoms with Crippen molar-refractivity contribution in [2.45, 2.75) is 13.0 Å². The number of hydrogen-bond acceptors (Lipinski definition) is 4. The lowest BCUT2D eigenvalue weighted by Gasteiger charge is -2.15. The normalized spacial score (nSPS) is 10.7. The van der Waals surface area contributed by atoms with Crippen molar-refractivity contribution in [2.24, 2.45) is 0 Å². The molecule has 0 aliphatic rings. The molecule has 0 fully saturated rings. The van der Waals surface area contributed by atoms with E-state index in [1.807, 2.05) is 84.9 Å². The van der Waals surface area contributed by atoms with E-state index in [0.29, 0.717) is 18.5 Å². The number of anilines is 1. The Balaban J connectivity index is 1.65. The van der Waals surface area contributed by atoms with Gasteiger partial charge in [-0.15, -0.1) is 0 Å². The fourth-order valence-electron chi connectivity index (χ4n) is 3.64. The molecule has 0 spiro atoms. The molecule has 0 aliphatic carbocycles. The van der Waals surface area contributed by atoms with Crippen LogP contribution in [-0.4, -0.2) is 27.2 Å². The van der Waals surface area contributed by atoms with Crippen molar-refractivity contribution in [2.75, 3.05) is 11.9 Å². The number of hydrogen-bond donors (Lipinski definition) is 2. The van der Waals surface area contributed by atoms with Crippen LogP contribution in [0, 0.1) is 0 Å². The molecule has 0 saturated heterocycles.